The summed E-state index contributed by atoms with van der Waals surface area (Å²) in [5.74, 6) is -0.683. The number of nitrogens with zero attached hydrogens (tertiary/aromatic N) is 5. The van der Waals surface area contributed by atoms with Gasteiger partial charge in [-0.3, -0.25) is 4.79 Å². The molecule has 0 N–H and O–H groups in total. The van der Waals surface area contributed by atoms with E-state index in [1.54, 1.807) is 15.8 Å². The first-order valence-electron chi connectivity index (χ1n) is 9.63. The number of carbonyl (C=O) groups excluding carboxylic acids is 1. The maximum absolute atomic E-state index is 14.3. The van der Waals surface area contributed by atoms with Crippen LogP contribution in [0.4, 0.5) is 4.39 Å². The maximum atomic E-state index is 14.3. The highest BCUT2D eigenvalue weighted by Crippen LogP contribution is 2.23. The highest BCUT2D eigenvalue weighted by Gasteiger charge is 2.31. The van der Waals surface area contributed by atoms with Crippen molar-refractivity contribution in [2.45, 2.75) is 32.8 Å². The van der Waals surface area contributed by atoms with Gasteiger partial charge < -0.3 is 9.64 Å². The third-order valence-corrected chi connectivity index (χ3v) is 5.12. The summed E-state index contributed by atoms with van der Waals surface area (Å²) in [6.45, 7) is 4.61. The average molecular weight is 395 g/mol. The second-order valence-electron chi connectivity index (χ2n) is 6.96. The Labute approximate surface area is 168 Å². The summed E-state index contributed by atoms with van der Waals surface area (Å²) in [6, 6.07) is 9.67. The molecule has 1 fully saturated rings. The molecule has 1 aromatic carbocycles. The number of benzene rings is 1. The van der Waals surface area contributed by atoms with Gasteiger partial charge >= 0.3 is 0 Å². The monoisotopic (exact) mass is 395 g/mol. The zero-order chi connectivity index (χ0) is 20.4. The van der Waals surface area contributed by atoms with Gasteiger partial charge in [0.25, 0.3) is 11.8 Å². The molecule has 29 heavy (non-hydrogen) atoms. The molecule has 0 radical (unpaired) electrons. The molecule has 1 amide bonds. The number of ether oxygens (including phenoxy) is 1. The van der Waals surface area contributed by atoms with Crippen LogP contribution in [-0.2, 0) is 6.42 Å². The first kappa shape index (κ1) is 19.0. The summed E-state index contributed by atoms with van der Waals surface area (Å²) in [5, 5.41) is 4.37. The van der Waals surface area contributed by atoms with Crippen LogP contribution in [0.25, 0.3) is 5.69 Å². The predicted molar refractivity (Wildman–Crippen MR) is 105 cm³/mol. The minimum atomic E-state index is -0.528. The predicted octanol–water partition coefficient (Wildman–Crippen LogP) is 2.97. The molecular weight excluding hydrogens is 373 g/mol. The number of hydrogen-bond acceptors (Lipinski definition) is 5. The van der Waals surface area contributed by atoms with Crippen molar-refractivity contribution in [3.05, 3.63) is 65.6 Å². The van der Waals surface area contributed by atoms with Crippen molar-refractivity contribution >= 4 is 5.91 Å². The molecule has 1 saturated heterocycles. The summed E-state index contributed by atoms with van der Waals surface area (Å²) >= 11 is 0. The second-order valence-corrected chi connectivity index (χ2v) is 6.96. The molecule has 0 saturated carbocycles. The van der Waals surface area contributed by atoms with E-state index in [1.807, 2.05) is 44.2 Å². The van der Waals surface area contributed by atoms with Crippen LogP contribution in [0.3, 0.4) is 0 Å². The number of para-hydroxylation sites is 1. The molecule has 2 aromatic heterocycles. The van der Waals surface area contributed by atoms with Crippen LogP contribution < -0.4 is 4.74 Å². The molecule has 4 rings (SSSR count). The van der Waals surface area contributed by atoms with Crippen LogP contribution in [0, 0.1) is 12.7 Å². The molecule has 8 heteroatoms. The maximum Gasteiger partial charge on any atom is 0.257 e. The standard InChI is InChI=1S/C21H22FN5O2/c1-3-18-19(22)20(24-13-23-18)29-16-9-10-26(12-16)21(28)17-11-25-27(14(17)2)15-7-5-4-6-8-15/h4-8,11,13,16H,3,9-10,12H2,1-2H3. The Balaban J connectivity index is 1.46. The van der Waals surface area contributed by atoms with E-state index in [4.69, 9.17) is 4.74 Å². The summed E-state index contributed by atoms with van der Waals surface area (Å²) in [4.78, 5) is 22.5. The van der Waals surface area contributed by atoms with Crippen molar-refractivity contribution < 1.29 is 13.9 Å². The van der Waals surface area contributed by atoms with Gasteiger partial charge in [0.2, 0.25) is 5.82 Å². The van der Waals surface area contributed by atoms with Crippen molar-refractivity contribution in [1.29, 1.82) is 0 Å². The Hall–Kier alpha value is -3.29. The summed E-state index contributed by atoms with van der Waals surface area (Å²) < 4.78 is 21.8. The number of aryl methyl sites for hydroxylation is 1. The second kappa shape index (κ2) is 7.98. The summed E-state index contributed by atoms with van der Waals surface area (Å²) in [7, 11) is 0. The number of aromatic nitrogens is 4. The van der Waals surface area contributed by atoms with Crippen LogP contribution in [0.2, 0.25) is 0 Å². The lowest BCUT2D eigenvalue weighted by atomic mass is 10.2. The fraction of sp³-hybridized carbons (Fsp3) is 0.333. The number of likely N-dealkylation sites (tertiary alicyclic amines) is 1. The molecule has 0 aliphatic carbocycles. The molecule has 150 valence electrons. The smallest absolute Gasteiger partial charge is 0.257 e. The Morgan fingerprint density at radius 3 is 2.83 bits per heavy atom. The van der Waals surface area contributed by atoms with Gasteiger partial charge in [-0.25, -0.2) is 9.67 Å². The Morgan fingerprint density at radius 1 is 1.28 bits per heavy atom. The number of halogens is 1. The van der Waals surface area contributed by atoms with E-state index < -0.39 is 5.82 Å². The Kier molecular flexibility index (Phi) is 5.24. The molecule has 3 heterocycles. The quantitative estimate of drug-likeness (QED) is 0.664. The van der Waals surface area contributed by atoms with Crippen molar-refractivity contribution in [1.82, 2.24) is 24.6 Å². The van der Waals surface area contributed by atoms with Gasteiger partial charge in [0, 0.05) is 13.0 Å². The van der Waals surface area contributed by atoms with E-state index in [-0.39, 0.29) is 17.9 Å². The van der Waals surface area contributed by atoms with E-state index in [0.717, 1.165) is 11.4 Å². The lowest BCUT2D eigenvalue weighted by Gasteiger charge is -2.17. The normalized spacial score (nSPS) is 16.2. The van der Waals surface area contributed by atoms with Gasteiger partial charge in [0.15, 0.2) is 0 Å². The highest BCUT2D eigenvalue weighted by atomic mass is 19.1. The van der Waals surface area contributed by atoms with Crippen LogP contribution in [0.5, 0.6) is 5.88 Å². The van der Waals surface area contributed by atoms with Crippen LogP contribution in [0.1, 0.15) is 35.1 Å². The van der Waals surface area contributed by atoms with Gasteiger partial charge in [-0.15, -0.1) is 0 Å². The highest BCUT2D eigenvalue weighted by molar-refractivity contribution is 5.95. The van der Waals surface area contributed by atoms with E-state index in [1.165, 1.54) is 6.33 Å². The van der Waals surface area contributed by atoms with Crippen molar-refractivity contribution in [2.75, 3.05) is 13.1 Å². The van der Waals surface area contributed by atoms with Crippen LogP contribution in [0.15, 0.2) is 42.9 Å². The molecule has 0 spiro atoms. The van der Waals surface area contributed by atoms with E-state index in [0.29, 0.717) is 37.2 Å². The minimum Gasteiger partial charge on any atom is -0.470 e. The largest absolute Gasteiger partial charge is 0.470 e. The molecule has 1 aliphatic heterocycles. The zero-order valence-electron chi connectivity index (χ0n) is 16.4. The Morgan fingerprint density at radius 2 is 2.07 bits per heavy atom. The average Bonchev–Trinajstić information content (AvgIpc) is 3.36. The van der Waals surface area contributed by atoms with E-state index >= 15 is 0 Å². The molecule has 1 aliphatic rings. The SMILES string of the molecule is CCc1ncnc(OC2CCN(C(=O)c3cnn(-c4ccccc4)c3C)C2)c1F. The molecule has 0 bridgehead atoms. The number of amides is 1. The third kappa shape index (κ3) is 3.70. The molecule has 1 atom stereocenters. The van der Waals surface area contributed by atoms with Crippen LogP contribution >= 0.6 is 0 Å². The van der Waals surface area contributed by atoms with Crippen molar-refractivity contribution in [3.63, 3.8) is 0 Å². The topological polar surface area (TPSA) is 73.1 Å². The lowest BCUT2D eigenvalue weighted by molar-refractivity contribution is 0.0769. The fourth-order valence-electron chi connectivity index (χ4n) is 3.50. The first-order valence-corrected chi connectivity index (χ1v) is 9.63. The molecule has 3 aromatic rings. The van der Waals surface area contributed by atoms with E-state index in [9.17, 15) is 9.18 Å². The molecule has 7 nitrogen and oxygen atoms in total. The van der Waals surface area contributed by atoms with Gasteiger partial charge in [-0.1, -0.05) is 25.1 Å². The number of hydrogen-bond donors (Lipinski definition) is 0. The number of carbonyl (C=O) groups is 1. The summed E-state index contributed by atoms with van der Waals surface area (Å²) in [6.07, 6.45) is 3.66. The molecular formula is C21H22FN5O2. The van der Waals surface area contributed by atoms with Gasteiger partial charge in [0.05, 0.1) is 35.4 Å². The third-order valence-electron chi connectivity index (χ3n) is 5.12. The van der Waals surface area contributed by atoms with Gasteiger partial charge in [-0.05, 0) is 25.5 Å². The van der Waals surface area contributed by atoms with E-state index in [2.05, 4.69) is 15.1 Å². The number of rotatable bonds is 5. The van der Waals surface area contributed by atoms with Gasteiger partial charge in [0.1, 0.15) is 12.4 Å². The fourth-order valence-corrected chi connectivity index (χ4v) is 3.50. The summed E-state index contributed by atoms with van der Waals surface area (Å²) in [5.41, 5.74) is 2.55. The van der Waals surface area contributed by atoms with Crippen molar-refractivity contribution in [2.24, 2.45) is 0 Å². The first-order chi connectivity index (χ1) is 14.1. The lowest BCUT2D eigenvalue weighted by Crippen LogP contribution is -2.31. The van der Waals surface area contributed by atoms with Crippen molar-refractivity contribution in [3.8, 4) is 11.6 Å². The van der Waals surface area contributed by atoms with Crippen LogP contribution in [-0.4, -0.2) is 49.7 Å². The van der Waals surface area contributed by atoms with Gasteiger partial charge in [-0.2, -0.15) is 14.5 Å². The Bertz CT molecular complexity index is 1020. The molecule has 1 unspecified atom stereocenters. The zero-order valence-corrected chi connectivity index (χ0v) is 16.4. The minimum absolute atomic E-state index is 0.0516.